The molecule has 0 aliphatic heterocycles. The molecule has 0 fully saturated rings. The minimum Gasteiger partial charge on any atom is -0.496 e. The van der Waals surface area contributed by atoms with E-state index in [0.717, 1.165) is 0 Å². The topological polar surface area (TPSA) is 164 Å². The van der Waals surface area contributed by atoms with Gasteiger partial charge in [-0.3, -0.25) is 0 Å². The summed E-state index contributed by atoms with van der Waals surface area (Å²) >= 11 is 0. The van der Waals surface area contributed by atoms with Crippen molar-refractivity contribution in [2.45, 2.75) is 10.5 Å². The van der Waals surface area contributed by atoms with Gasteiger partial charge in [-0.2, -0.15) is 0 Å². The fourth-order valence-corrected chi connectivity index (χ4v) is 7.35. The maximum atomic E-state index is 15.0. The van der Waals surface area contributed by atoms with Gasteiger partial charge in [-0.1, -0.05) is 36.4 Å². The van der Waals surface area contributed by atoms with E-state index in [0.29, 0.717) is 45.6 Å². The van der Waals surface area contributed by atoms with Crippen molar-refractivity contribution in [3.8, 4) is 34.5 Å². The molecule has 0 saturated carbocycles. The highest BCUT2D eigenvalue weighted by atomic mass is 32.2. The summed E-state index contributed by atoms with van der Waals surface area (Å²) in [5, 5.41) is 16.3. The summed E-state index contributed by atoms with van der Waals surface area (Å²) in [5.41, 5.74) is 1.32. The van der Waals surface area contributed by atoms with E-state index in [9.17, 15) is 19.8 Å². The lowest BCUT2D eigenvalue weighted by Crippen LogP contribution is -2.19. The van der Waals surface area contributed by atoms with E-state index in [1.54, 1.807) is 36.4 Å². The van der Waals surface area contributed by atoms with E-state index in [1.807, 2.05) is 0 Å². The van der Waals surface area contributed by atoms with Crippen molar-refractivity contribution in [3.63, 3.8) is 0 Å². The molecule has 0 radical (unpaired) electrons. The van der Waals surface area contributed by atoms with Gasteiger partial charge in [-0.15, -0.1) is 0 Å². The molecule has 0 amide bonds. The number of hydrogen-bond acceptors (Lipinski definition) is 10. The molecule has 4 aromatic carbocycles. The first-order valence-electron chi connectivity index (χ1n) is 15.3. The van der Waals surface area contributed by atoms with Crippen LogP contribution >= 0.6 is 0 Å². The van der Waals surface area contributed by atoms with Crippen LogP contribution in [0.15, 0.2) is 84.9 Å². The summed E-state index contributed by atoms with van der Waals surface area (Å²) in [5.74, 6) is -0.0592. The molecule has 4 rings (SSSR count). The van der Waals surface area contributed by atoms with Gasteiger partial charge >= 0.3 is 11.9 Å². The Kier molecular flexibility index (Phi) is 12.4. The lowest BCUT2D eigenvalue weighted by Gasteiger charge is -2.22. The largest absolute Gasteiger partial charge is 0.496 e. The Labute approximate surface area is 296 Å². The molecule has 4 aromatic rings. The minimum atomic E-state index is -4.36. The number of carbonyl (C=O) groups is 2. The molecule has 2 unspecified atom stereocenters. The molecule has 0 heterocycles. The molecule has 268 valence electrons. The molecule has 51 heavy (non-hydrogen) atoms. The van der Waals surface area contributed by atoms with Gasteiger partial charge in [0.2, 0.25) is 0 Å². The fourth-order valence-electron chi connectivity index (χ4n) is 5.37. The van der Waals surface area contributed by atoms with E-state index in [2.05, 4.69) is 0 Å². The van der Waals surface area contributed by atoms with Crippen LogP contribution in [0.3, 0.4) is 0 Å². The average Bonchev–Trinajstić information content (AvgIpc) is 3.14. The van der Waals surface area contributed by atoms with Crippen LogP contribution in [0.1, 0.15) is 53.5 Å². The predicted molar refractivity (Wildman–Crippen MR) is 191 cm³/mol. The standard InChI is InChI=1S/C38H38O12S/c1-45-27-19-31(47-3)29(32(20-27)48-4)15-17-35(23-7-11-25(12-8-23)37(39)40)51(43,44)36(24-9-13-26(14-10-24)38(41)42)18-16-30-33(49-5)21-28(46-2)22-34(30)50-6/h7-22,35-36H,1-6H3,(H,39,40)(H,41,42)/b17-15+,18-16+. The summed E-state index contributed by atoms with van der Waals surface area (Å²) in [4.78, 5) is 23.3. The van der Waals surface area contributed by atoms with E-state index in [-0.39, 0.29) is 22.3 Å². The van der Waals surface area contributed by atoms with Gasteiger partial charge < -0.3 is 38.6 Å². The van der Waals surface area contributed by atoms with Crippen molar-refractivity contribution in [3.05, 3.63) is 118 Å². The van der Waals surface area contributed by atoms with E-state index >= 15 is 8.42 Å². The van der Waals surface area contributed by atoms with Crippen LogP contribution in [0.25, 0.3) is 12.2 Å². The summed E-state index contributed by atoms with van der Waals surface area (Å²) < 4.78 is 63.1. The third kappa shape index (κ3) is 8.44. The van der Waals surface area contributed by atoms with E-state index in [4.69, 9.17) is 28.4 Å². The third-order valence-electron chi connectivity index (χ3n) is 8.06. The van der Waals surface area contributed by atoms with Gasteiger partial charge in [0.05, 0.1) is 64.9 Å². The molecular formula is C38H38O12S. The number of carboxylic acids is 2. The highest BCUT2D eigenvalue weighted by molar-refractivity contribution is 7.92. The first-order chi connectivity index (χ1) is 24.4. The second kappa shape index (κ2) is 16.6. The highest BCUT2D eigenvalue weighted by Crippen LogP contribution is 2.42. The summed E-state index contributed by atoms with van der Waals surface area (Å²) in [7, 11) is 4.42. The first kappa shape index (κ1) is 37.9. The van der Waals surface area contributed by atoms with Gasteiger partial charge in [-0.05, 0) is 47.5 Å². The van der Waals surface area contributed by atoms with Crippen LogP contribution in [0.5, 0.6) is 34.5 Å². The number of methoxy groups -OCH3 is 6. The molecular weight excluding hydrogens is 680 g/mol. The van der Waals surface area contributed by atoms with Crippen LogP contribution in [-0.4, -0.2) is 73.2 Å². The Bertz CT molecular complexity index is 1840. The third-order valence-corrected chi connectivity index (χ3v) is 10.3. The molecule has 12 nitrogen and oxygen atoms in total. The van der Waals surface area contributed by atoms with Crippen molar-refractivity contribution in [2.24, 2.45) is 0 Å². The van der Waals surface area contributed by atoms with Crippen LogP contribution in [-0.2, 0) is 9.84 Å². The second-order valence-electron chi connectivity index (χ2n) is 10.9. The van der Waals surface area contributed by atoms with Crippen molar-refractivity contribution in [1.29, 1.82) is 0 Å². The number of rotatable bonds is 16. The minimum absolute atomic E-state index is 0.0308. The van der Waals surface area contributed by atoms with E-state index in [1.165, 1.54) is 103 Å². The van der Waals surface area contributed by atoms with Crippen LogP contribution in [0.2, 0.25) is 0 Å². The number of benzene rings is 4. The lowest BCUT2D eigenvalue weighted by molar-refractivity contribution is 0.0686. The monoisotopic (exact) mass is 718 g/mol. The normalized spacial score (nSPS) is 12.7. The smallest absolute Gasteiger partial charge is 0.335 e. The molecule has 0 aromatic heterocycles. The number of ether oxygens (including phenoxy) is 6. The first-order valence-corrected chi connectivity index (χ1v) is 16.9. The maximum Gasteiger partial charge on any atom is 0.335 e. The van der Waals surface area contributed by atoms with Crippen LogP contribution in [0, 0.1) is 0 Å². The van der Waals surface area contributed by atoms with Crippen LogP contribution in [0.4, 0.5) is 0 Å². The molecule has 0 spiro atoms. The van der Waals surface area contributed by atoms with Crippen molar-refractivity contribution < 1.29 is 56.6 Å². The molecule has 0 aliphatic rings. The molecule has 0 bridgehead atoms. The Hall–Kier alpha value is -5.95. The Morgan fingerprint density at radius 2 is 0.824 bits per heavy atom. The van der Waals surface area contributed by atoms with Gasteiger partial charge in [0.1, 0.15) is 45.0 Å². The quantitative estimate of drug-likeness (QED) is 0.125. The van der Waals surface area contributed by atoms with Gasteiger partial charge in [-0.25, -0.2) is 18.0 Å². The fraction of sp³-hybridized carbons (Fsp3) is 0.211. The summed E-state index contributed by atoms with van der Waals surface area (Å²) in [6.07, 6.45) is 6.01. The number of sulfone groups is 1. The molecule has 13 heteroatoms. The lowest BCUT2D eigenvalue weighted by atomic mass is 10.1. The molecule has 0 aliphatic carbocycles. The molecule has 2 N–H and O–H groups in total. The predicted octanol–water partition coefficient (Wildman–Crippen LogP) is 6.76. The summed E-state index contributed by atoms with van der Waals surface area (Å²) in [6, 6.07) is 17.5. The second-order valence-corrected chi connectivity index (χ2v) is 13.1. The SMILES string of the molecule is COc1cc(OC)c(/C=C/C(c2ccc(C(=O)O)cc2)S(=O)(=O)C(/C=C/c2c(OC)cc(OC)cc2OC)c2ccc(C(=O)O)cc2)c(OC)c1. The highest BCUT2D eigenvalue weighted by Gasteiger charge is 2.34. The Balaban J connectivity index is 1.98. The van der Waals surface area contributed by atoms with Crippen molar-refractivity contribution in [1.82, 2.24) is 0 Å². The zero-order valence-electron chi connectivity index (χ0n) is 28.8. The van der Waals surface area contributed by atoms with Crippen LogP contribution < -0.4 is 28.4 Å². The number of carboxylic acid groups (broad SMARTS) is 2. The van der Waals surface area contributed by atoms with Gasteiger partial charge in [0.25, 0.3) is 0 Å². The van der Waals surface area contributed by atoms with Gasteiger partial charge in [0, 0.05) is 24.3 Å². The van der Waals surface area contributed by atoms with Crippen molar-refractivity contribution in [2.75, 3.05) is 42.7 Å². The van der Waals surface area contributed by atoms with Gasteiger partial charge in [0.15, 0.2) is 9.84 Å². The summed E-state index contributed by atoms with van der Waals surface area (Å²) in [6.45, 7) is 0. The number of hydrogen-bond donors (Lipinski definition) is 2. The van der Waals surface area contributed by atoms with E-state index < -0.39 is 32.3 Å². The Morgan fingerprint density at radius 1 is 0.529 bits per heavy atom. The average molecular weight is 719 g/mol. The maximum absolute atomic E-state index is 15.0. The van der Waals surface area contributed by atoms with Crippen molar-refractivity contribution >= 4 is 33.9 Å². The Morgan fingerprint density at radius 3 is 1.06 bits per heavy atom. The molecule has 0 saturated heterocycles. The zero-order valence-corrected chi connectivity index (χ0v) is 29.6. The number of aromatic carboxylic acids is 2. The zero-order chi connectivity index (χ0) is 37.3. The molecule has 2 atom stereocenters.